The van der Waals surface area contributed by atoms with E-state index in [-0.39, 0.29) is 0 Å². The molecule has 0 aromatic heterocycles. The molecule has 0 aliphatic carbocycles. The lowest BCUT2D eigenvalue weighted by Crippen LogP contribution is -2.04. The summed E-state index contributed by atoms with van der Waals surface area (Å²) in [6, 6.07) is 0. The molecule has 0 amide bonds. The third-order valence-electron chi connectivity index (χ3n) is 1.62. The largest absolute Gasteiger partial charge is 0.354 e. The van der Waals surface area contributed by atoms with Crippen molar-refractivity contribution in [2.75, 3.05) is 6.54 Å². The number of hydrogen-bond donors (Lipinski definition) is 0. The highest BCUT2D eigenvalue weighted by Crippen LogP contribution is 2.38. The van der Waals surface area contributed by atoms with Crippen molar-refractivity contribution in [2.45, 2.75) is 13.3 Å². The molecule has 1 heterocycles. The molecule has 3 heteroatoms. The zero-order valence-electron chi connectivity index (χ0n) is 5.72. The van der Waals surface area contributed by atoms with Crippen LogP contribution in [0, 0.1) is 5.92 Å². The molecule has 1 nitrogen and oxygen atoms in total. The van der Waals surface area contributed by atoms with Gasteiger partial charge in [0.2, 0.25) is 0 Å². The van der Waals surface area contributed by atoms with Crippen LogP contribution in [0.25, 0.3) is 0 Å². The molecule has 1 rings (SSSR count). The minimum absolute atomic E-state index is 0.825. The van der Waals surface area contributed by atoms with Crippen LogP contribution in [0.1, 0.15) is 13.3 Å². The van der Waals surface area contributed by atoms with E-state index in [2.05, 4.69) is 27.1 Å². The maximum atomic E-state index is 3.98. The highest BCUT2D eigenvalue weighted by Gasteiger charge is 2.19. The van der Waals surface area contributed by atoms with Crippen LogP contribution in [-0.4, -0.2) is 11.2 Å². The first-order valence-electron chi connectivity index (χ1n) is 3.15. The molecule has 1 fully saturated rings. The number of nitrogens with zero attached hydrogens (tertiary/aromatic N) is 1. The lowest BCUT2D eigenvalue weighted by Gasteiger charge is -2.14. The SMILES string of the molecule is C=C1CC(C)CN1PP. The van der Waals surface area contributed by atoms with Crippen molar-refractivity contribution >= 4 is 17.3 Å². The smallest absolute Gasteiger partial charge is 0.0243 e. The van der Waals surface area contributed by atoms with Crippen LogP contribution in [-0.2, 0) is 0 Å². The molecule has 3 unspecified atom stereocenters. The summed E-state index contributed by atoms with van der Waals surface area (Å²) in [4.78, 5) is 0. The lowest BCUT2D eigenvalue weighted by atomic mass is 10.1. The molecule has 1 aliphatic rings. The van der Waals surface area contributed by atoms with Crippen molar-refractivity contribution in [2.24, 2.45) is 5.92 Å². The highest BCUT2D eigenvalue weighted by atomic mass is 32.0. The predicted octanol–water partition coefficient (Wildman–Crippen LogP) is 2.23. The van der Waals surface area contributed by atoms with E-state index in [9.17, 15) is 0 Å². The number of hydrogen-bond acceptors (Lipinski definition) is 1. The Morgan fingerprint density at radius 1 is 1.89 bits per heavy atom. The molecular weight excluding hydrogens is 148 g/mol. The Balaban J connectivity index is 2.48. The van der Waals surface area contributed by atoms with E-state index < -0.39 is 0 Å². The van der Waals surface area contributed by atoms with Gasteiger partial charge in [-0.3, -0.25) is 0 Å². The first kappa shape index (κ1) is 7.51. The molecule has 0 aromatic carbocycles. The zero-order valence-corrected chi connectivity index (χ0v) is 7.88. The lowest BCUT2D eigenvalue weighted by molar-refractivity contribution is 0.570. The Bertz CT molecular complexity index is 124. The number of allylic oxidation sites excluding steroid dienone is 1. The van der Waals surface area contributed by atoms with Crippen LogP contribution >= 0.6 is 17.3 Å². The second-order valence-corrected chi connectivity index (χ2v) is 4.19. The Kier molecular flexibility index (Phi) is 2.50. The maximum absolute atomic E-state index is 3.98. The van der Waals surface area contributed by atoms with E-state index in [0.29, 0.717) is 0 Å². The van der Waals surface area contributed by atoms with E-state index >= 15 is 0 Å². The van der Waals surface area contributed by atoms with Crippen LogP contribution in [0.2, 0.25) is 0 Å². The van der Waals surface area contributed by atoms with Gasteiger partial charge in [-0.25, -0.2) is 0 Å². The molecule has 9 heavy (non-hydrogen) atoms. The minimum atomic E-state index is 0.825. The van der Waals surface area contributed by atoms with Crippen molar-refractivity contribution in [1.29, 1.82) is 0 Å². The molecule has 3 atom stereocenters. The first-order valence-corrected chi connectivity index (χ1v) is 5.91. The van der Waals surface area contributed by atoms with Gasteiger partial charge in [-0.2, -0.15) is 0 Å². The molecular formula is C6H13NP2. The fraction of sp³-hybridized carbons (Fsp3) is 0.667. The maximum Gasteiger partial charge on any atom is 0.0243 e. The van der Waals surface area contributed by atoms with Crippen molar-refractivity contribution in [3.8, 4) is 0 Å². The van der Waals surface area contributed by atoms with Gasteiger partial charge in [0.15, 0.2) is 0 Å². The van der Waals surface area contributed by atoms with Gasteiger partial charge in [-0.1, -0.05) is 22.4 Å². The summed E-state index contributed by atoms with van der Waals surface area (Å²) in [5.41, 5.74) is 1.32. The van der Waals surface area contributed by atoms with Crippen LogP contribution in [0.4, 0.5) is 0 Å². The molecule has 0 bridgehead atoms. The second-order valence-electron chi connectivity index (χ2n) is 2.62. The summed E-state index contributed by atoms with van der Waals surface area (Å²) >= 11 is 0. The summed E-state index contributed by atoms with van der Waals surface area (Å²) < 4.78 is 2.34. The normalized spacial score (nSPS) is 28.9. The fourth-order valence-electron chi connectivity index (χ4n) is 1.16. The van der Waals surface area contributed by atoms with E-state index in [1.54, 1.807) is 0 Å². The quantitative estimate of drug-likeness (QED) is 0.533. The third kappa shape index (κ3) is 1.66. The van der Waals surface area contributed by atoms with E-state index in [1.807, 2.05) is 0 Å². The highest BCUT2D eigenvalue weighted by molar-refractivity contribution is 8.01. The average Bonchev–Trinajstić information content (AvgIpc) is 2.10. The van der Waals surface area contributed by atoms with Crippen LogP contribution in [0.5, 0.6) is 0 Å². The molecule has 52 valence electrons. The summed E-state index contributed by atoms with van der Waals surface area (Å²) in [7, 11) is 3.58. The first-order chi connectivity index (χ1) is 4.24. The van der Waals surface area contributed by atoms with Crippen LogP contribution in [0.3, 0.4) is 0 Å². The van der Waals surface area contributed by atoms with Crippen molar-refractivity contribution in [3.05, 3.63) is 12.3 Å². The van der Waals surface area contributed by atoms with Gasteiger partial charge in [0.1, 0.15) is 0 Å². The van der Waals surface area contributed by atoms with Crippen molar-refractivity contribution in [3.63, 3.8) is 0 Å². The predicted molar refractivity (Wildman–Crippen MR) is 47.7 cm³/mol. The molecule has 1 aliphatic heterocycles. The standard InChI is InChI=1S/C6H13NP2/c1-5-3-6(2)7(4-5)9-8/h5,9H,2-4,8H2,1H3. The Morgan fingerprint density at radius 2 is 2.56 bits per heavy atom. The summed E-state index contributed by atoms with van der Waals surface area (Å²) in [5.74, 6) is 0.825. The van der Waals surface area contributed by atoms with E-state index in [0.717, 1.165) is 14.3 Å². The molecule has 0 aromatic rings. The van der Waals surface area contributed by atoms with Gasteiger partial charge < -0.3 is 4.67 Å². The van der Waals surface area contributed by atoms with E-state index in [1.165, 1.54) is 18.7 Å². The van der Waals surface area contributed by atoms with Gasteiger partial charge in [0.25, 0.3) is 0 Å². The molecule has 0 N–H and O–H groups in total. The third-order valence-corrected chi connectivity index (χ3v) is 3.36. The van der Waals surface area contributed by atoms with Crippen molar-refractivity contribution in [1.82, 2.24) is 4.67 Å². The molecule has 1 saturated heterocycles. The molecule has 0 spiro atoms. The van der Waals surface area contributed by atoms with E-state index in [4.69, 9.17) is 0 Å². The van der Waals surface area contributed by atoms with Gasteiger partial charge in [0.05, 0.1) is 0 Å². The zero-order chi connectivity index (χ0) is 6.85. The topological polar surface area (TPSA) is 3.24 Å². The minimum Gasteiger partial charge on any atom is -0.354 e. The van der Waals surface area contributed by atoms with Gasteiger partial charge >= 0.3 is 0 Å². The second kappa shape index (κ2) is 2.99. The average molecular weight is 161 g/mol. The number of rotatable bonds is 1. The Morgan fingerprint density at radius 3 is 2.78 bits per heavy atom. The van der Waals surface area contributed by atoms with Gasteiger partial charge in [0, 0.05) is 12.2 Å². The summed E-state index contributed by atoms with van der Waals surface area (Å²) in [6.07, 6.45) is 1.20. The van der Waals surface area contributed by atoms with Gasteiger partial charge in [-0.05, 0) is 20.8 Å². The van der Waals surface area contributed by atoms with Crippen LogP contribution in [0.15, 0.2) is 12.3 Å². The molecule has 0 saturated carbocycles. The van der Waals surface area contributed by atoms with Crippen LogP contribution < -0.4 is 0 Å². The van der Waals surface area contributed by atoms with Crippen molar-refractivity contribution < 1.29 is 0 Å². The fourth-order valence-corrected chi connectivity index (χ4v) is 2.72. The monoisotopic (exact) mass is 161 g/mol. The summed E-state index contributed by atoms with van der Waals surface area (Å²) in [5, 5.41) is 0. The summed E-state index contributed by atoms with van der Waals surface area (Å²) in [6.45, 7) is 7.46. The van der Waals surface area contributed by atoms with Gasteiger partial charge in [-0.15, -0.1) is 0 Å². The molecule has 0 radical (unpaired) electrons. The Labute approximate surface area is 60.8 Å². The Hall–Kier alpha value is 0.400.